The molecule has 0 unspecified atom stereocenters. The maximum atomic E-state index is 5.05. The number of hydrogen-bond donors (Lipinski definition) is 0. The van der Waals surface area contributed by atoms with Gasteiger partial charge in [-0.1, -0.05) is 20.8 Å². The Kier molecular flexibility index (Phi) is 6.82. The van der Waals surface area contributed by atoms with Crippen LogP contribution >= 0.6 is 11.3 Å². The van der Waals surface area contributed by atoms with E-state index in [1.807, 2.05) is 20.8 Å². The summed E-state index contributed by atoms with van der Waals surface area (Å²) in [6.45, 7) is 8.85. The molecule has 0 bridgehead atoms. The SMILES string of the molecule is CC.CCc1nc(C)sc1COC. The van der Waals surface area contributed by atoms with Crippen molar-refractivity contribution in [3.8, 4) is 0 Å². The predicted molar refractivity (Wildman–Crippen MR) is 58.3 cm³/mol. The summed E-state index contributed by atoms with van der Waals surface area (Å²) in [6.07, 6.45) is 1.00. The fourth-order valence-electron chi connectivity index (χ4n) is 1.03. The monoisotopic (exact) mass is 201 g/mol. The van der Waals surface area contributed by atoms with Crippen LogP contribution < -0.4 is 0 Å². The Balaban J connectivity index is 0.000000671. The molecule has 3 heteroatoms. The van der Waals surface area contributed by atoms with Gasteiger partial charge in [0.05, 0.1) is 22.2 Å². The van der Waals surface area contributed by atoms with E-state index in [1.165, 1.54) is 10.6 Å². The standard InChI is InChI=1S/C8H13NOS.C2H6/c1-4-7-8(5-10-3)11-6(2)9-7;1-2/h4-5H2,1-3H3;1-2H3. The highest BCUT2D eigenvalue weighted by atomic mass is 32.1. The van der Waals surface area contributed by atoms with Gasteiger partial charge in [-0.3, -0.25) is 0 Å². The van der Waals surface area contributed by atoms with E-state index in [9.17, 15) is 0 Å². The second-order valence-corrected chi connectivity index (χ2v) is 3.68. The van der Waals surface area contributed by atoms with Gasteiger partial charge in [0.25, 0.3) is 0 Å². The minimum atomic E-state index is 0.703. The lowest BCUT2D eigenvalue weighted by molar-refractivity contribution is 0.186. The minimum absolute atomic E-state index is 0.703. The molecule has 0 aliphatic carbocycles. The van der Waals surface area contributed by atoms with Crippen molar-refractivity contribution in [1.82, 2.24) is 4.98 Å². The van der Waals surface area contributed by atoms with Crippen LogP contribution in [0.5, 0.6) is 0 Å². The van der Waals surface area contributed by atoms with Crippen molar-refractivity contribution in [2.75, 3.05) is 7.11 Å². The Morgan fingerprint density at radius 2 is 2.00 bits per heavy atom. The Morgan fingerprint density at radius 1 is 1.38 bits per heavy atom. The van der Waals surface area contributed by atoms with Crippen LogP contribution in [0, 0.1) is 6.92 Å². The molecule has 13 heavy (non-hydrogen) atoms. The fourth-order valence-corrected chi connectivity index (χ4v) is 2.03. The number of thiazole rings is 1. The van der Waals surface area contributed by atoms with Gasteiger partial charge in [-0.25, -0.2) is 4.98 Å². The molecule has 0 N–H and O–H groups in total. The molecule has 0 saturated heterocycles. The van der Waals surface area contributed by atoms with E-state index in [2.05, 4.69) is 11.9 Å². The molecule has 0 aliphatic heterocycles. The highest BCUT2D eigenvalue weighted by Gasteiger charge is 2.05. The summed E-state index contributed by atoms with van der Waals surface area (Å²) in [5, 5.41) is 1.13. The largest absolute Gasteiger partial charge is 0.379 e. The smallest absolute Gasteiger partial charge is 0.0901 e. The summed E-state index contributed by atoms with van der Waals surface area (Å²) in [4.78, 5) is 5.66. The summed E-state index contributed by atoms with van der Waals surface area (Å²) >= 11 is 1.73. The topological polar surface area (TPSA) is 22.1 Å². The van der Waals surface area contributed by atoms with E-state index in [1.54, 1.807) is 18.4 Å². The van der Waals surface area contributed by atoms with E-state index >= 15 is 0 Å². The summed E-state index contributed by atoms with van der Waals surface area (Å²) in [5.41, 5.74) is 1.19. The molecule has 1 heterocycles. The van der Waals surface area contributed by atoms with Crippen LogP contribution in [0.25, 0.3) is 0 Å². The van der Waals surface area contributed by atoms with E-state index in [0.29, 0.717) is 6.61 Å². The third kappa shape index (κ3) is 3.87. The molecule has 0 saturated carbocycles. The van der Waals surface area contributed by atoms with Gasteiger partial charge in [-0.15, -0.1) is 11.3 Å². The quantitative estimate of drug-likeness (QED) is 0.749. The van der Waals surface area contributed by atoms with Gasteiger partial charge in [0.2, 0.25) is 0 Å². The first-order valence-electron chi connectivity index (χ1n) is 4.72. The molecule has 2 nitrogen and oxygen atoms in total. The second-order valence-electron chi connectivity index (χ2n) is 2.39. The van der Waals surface area contributed by atoms with Crippen molar-refractivity contribution in [2.45, 2.75) is 40.7 Å². The number of ether oxygens (including phenoxy) is 1. The molecule has 76 valence electrons. The lowest BCUT2D eigenvalue weighted by atomic mass is 10.3. The molecule has 1 aromatic heterocycles. The van der Waals surface area contributed by atoms with Crippen LogP contribution in [0.1, 0.15) is 36.3 Å². The van der Waals surface area contributed by atoms with Crippen molar-refractivity contribution in [2.24, 2.45) is 0 Å². The first-order valence-corrected chi connectivity index (χ1v) is 5.53. The first kappa shape index (κ1) is 12.6. The average Bonchev–Trinajstić information content (AvgIpc) is 2.50. The molecule has 0 atom stereocenters. The predicted octanol–water partition coefficient (Wildman–Crippen LogP) is 3.19. The number of hydrogen-bond acceptors (Lipinski definition) is 3. The number of methoxy groups -OCH3 is 1. The lowest BCUT2D eigenvalue weighted by Crippen LogP contribution is -1.89. The third-order valence-corrected chi connectivity index (χ3v) is 2.48. The van der Waals surface area contributed by atoms with Crippen LogP contribution in [-0.4, -0.2) is 12.1 Å². The fraction of sp³-hybridized carbons (Fsp3) is 0.700. The molecule has 0 fully saturated rings. The van der Waals surface area contributed by atoms with Crippen molar-refractivity contribution >= 4 is 11.3 Å². The van der Waals surface area contributed by atoms with Gasteiger partial charge in [-0.05, 0) is 13.3 Å². The number of aryl methyl sites for hydroxylation is 2. The molecule has 0 amide bonds. The Hall–Kier alpha value is -0.410. The summed E-state index contributed by atoms with van der Waals surface area (Å²) in [6, 6.07) is 0. The minimum Gasteiger partial charge on any atom is -0.379 e. The van der Waals surface area contributed by atoms with Gasteiger partial charge in [-0.2, -0.15) is 0 Å². The zero-order chi connectivity index (χ0) is 10.3. The highest BCUT2D eigenvalue weighted by Crippen LogP contribution is 2.18. The van der Waals surface area contributed by atoms with E-state index in [4.69, 9.17) is 4.74 Å². The summed E-state index contributed by atoms with van der Waals surface area (Å²) in [7, 11) is 1.72. The molecule has 1 aromatic rings. The lowest BCUT2D eigenvalue weighted by Gasteiger charge is -1.95. The van der Waals surface area contributed by atoms with Crippen molar-refractivity contribution in [3.63, 3.8) is 0 Å². The van der Waals surface area contributed by atoms with Gasteiger partial charge in [0.1, 0.15) is 0 Å². The van der Waals surface area contributed by atoms with Crippen LogP contribution in [0.3, 0.4) is 0 Å². The van der Waals surface area contributed by atoms with Gasteiger partial charge in [0.15, 0.2) is 0 Å². The third-order valence-electron chi connectivity index (χ3n) is 1.50. The highest BCUT2D eigenvalue weighted by molar-refractivity contribution is 7.11. The number of nitrogens with zero attached hydrogens (tertiary/aromatic N) is 1. The molecular weight excluding hydrogens is 182 g/mol. The number of rotatable bonds is 3. The van der Waals surface area contributed by atoms with Gasteiger partial charge >= 0.3 is 0 Å². The molecule has 0 radical (unpaired) electrons. The normalized spacial score (nSPS) is 9.31. The molecule has 1 rings (SSSR count). The second kappa shape index (κ2) is 7.04. The Morgan fingerprint density at radius 3 is 2.46 bits per heavy atom. The van der Waals surface area contributed by atoms with E-state index in [0.717, 1.165) is 11.4 Å². The van der Waals surface area contributed by atoms with Gasteiger partial charge < -0.3 is 4.74 Å². The van der Waals surface area contributed by atoms with Crippen LogP contribution in [0.2, 0.25) is 0 Å². The van der Waals surface area contributed by atoms with Crippen LogP contribution in [0.4, 0.5) is 0 Å². The summed E-state index contributed by atoms with van der Waals surface area (Å²) < 4.78 is 5.05. The summed E-state index contributed by atoms with van der Waals surface area (Å²) in [5.74, 6) is 0. The Bertz CT molecular complexity index is 233. The Labute approximate surface area is 85.0 Å². The average molecular weight is 201 g/mol. The molecule has 0 spiro atoms. The maximum Gasteiger partial charge on any atom is 0.0901 e. The zero-order valence-corrected chi connectivity index (χ0v) is 9.99. The number of aromatic nitrogens is 1. The van der Waals surface area contributed by atoms with E-state index < -0.39 is 0 Å². The van der Waals surface area contributed by atoms with Crippen molar-refractivity contribution < 1.29 is 4.74 Å². The van der Waals surface area contributed by atoms with Crippen LogP contribution in [0.15, 0.2) is 0 Å². The van der Waals surface area contributed by atoms with Crippen molar-refractivity contribution in [3.05, 3.63) is 15.6 Å². The molecular formula is C10H19NOS. The van der Waals surface area contributed by atoms with E-state index in [-0.39, 0.29) is 0 Å². The first-order chi connectivity index (χ1) is 6.27. The van der Waals surface area contributed by atoms with Gasteiger partial charge in [0, 0.05) is 7.11 Å². The van der Waals surface area contributed by atoms with Crippen molar-refractivity contribution in [1.29, 1.82) is 0 Å². The maximum absolute atomic E-state index is 5.05. The zero-order valence-electron chi connectivity index (χ0n) is 9.18. The molecule has 0 aliphatic rings. The molecule has 0 aromatic carbocycles. The van der Waals surface area contributed by atoms with Crippen LogP contribution in [-0.2, 0) is 17.8 Å².